The number of rotatable bonds is 7. The number of hydrogen-bond acceptors (Lipinski definition) is 7. The van der Waals surface area contributed by atoms with Gasteiger partial charge in [0.25, 0.3) is 5.91 Å². The second-order valence-electron chi connectivity index (χ2n) is 8.51. The fourth-order valence-corrected chi connectivity index (χ4v) is 5.42. The molecule has 0 aliphatic heterocycles. The van der Waals surface area contributed by atoms with Crippen molar-refractivity contribution in [3.63, 3.8) is 0 Å². The fraction of sp³-hybridized carbons (Fsp3) is 0.100. The van der Waals surface area contributed by atoms with Gasteiger partial charge in [0.1, 0.15) is 15.5 Å². The molecule has 7 nitrogen and oxygen atoms in total. The molecule has 0 bridgehead atoms. The lowest BCUT2D eigenvalue weighted by molar-refractivity contribution is 0.0528. The van der Waals surface area contributed by atoms with Gasteiger partial charge in [-0.05, 0) is 48.9 Å². The van der Waals surface area contributed by atoms with Gasteiger partial charge in [-0.15, -0.1) is 11.3 Å². The number of thiophene rings is 1. The molecule has 0 aliphatic rings. The second kappa shape index (κ2) is 11.1. The van der Waals surface area contributed by atoms with Crippen LogP contribution in [0.25, 0.3) is 32.6 Å². The molecule has 0 spiro atoms. The molecule has 2 aromatic heterocycles. The zero-order valence-electron chi connectivity index (χ0n) is 21.2. The zero-order valence-corrected chi connectivity index (χ0v) is 22.7. The number of pyridine rings is 1. The van der Waals surface area contributed by atoms with Gasteiger partial charge in [0.15, 0.2) is 0 Å². The summed E-state index contributed by atoms with van der Waals surface area (Å²) in [6, 6.07) is 23.4. The Morgan fingerprint density at radius 2 is 1.67 bits per heavy atom. The Labute approximate surface area is 234 Å². The van der Waals surface area contributed by atoms with E-state index in [-0.39, 0.29) is 28.6 Å². The Balaban J connectivity index is 1.76. The van der Waals surface area contributed by atoms with Gasteiger partial charge in [-0.25, -0.2) is 9.78 Å². The number of nitrogens with one attached hydrogen (secondary N) is 1. The maximum atomic E-state index is 13.5. The van der Waals surface area contributed by atoms with Crippen molar-refractivity contribution in [2.75, 3.05) is 24.8 Å². The van der Waals surface area contributed by atoms with Crippen molar-refractivity contribution in [1.82, 2.24) is 4.98 Å². The summed E-state index contributed by atoms with van der Waals surface area (Å²) in [6.07, 6.45) is 0. The van der Waals surface area contributed by atoms with Crippen molar-refractivity contribution < 1.29 is 19.1 Å². The molecular formula is C30H24ClN3O4S. The molecule has 0 radical (unpaired) electrons. The van der Waals surface area contributed by atoms with Crippen LogP contribution in [0, 0.1) is 0 Å². The van der Waals surface area contributed by atoms with Gasteiger partial charge in [0, 0.05) is 27.2 Å². The Kier molecular flexibility index (Phi) is 7.49. The molecule has 0 saturated carbocycles. The third kappa shape index (κ3) is 5.16. The van der Waals surface area contributed by atoms with E-state index in [1.807, 2.05) is 42.5 Å². The van der Waals surface area contributed by atoms with Crippen LogP contribution in [0.15, 0.2) is 78.9 Å². The largest absolute Gasteiger partial charge is 0.497 e. The zero-order chi connectivity index (χ0) is 27.5. The Hall–Kier alpha value is -4.40. The van der Waals surface area contributed by atoms with E-state index in [9.17, 15) is 9.59 Å². The van der Waals surface area contributed by atoms with E-state index in [4.69, 9.17) is 31.8 Å². The fourth-order valence-electron chi connectivity index (χ4n) is 4.30. The minimum Gasteiger partial charge on any atom is -0.497 e. The first-order chi connectivity index (χ1) is 18.9. The molecule has 9 heteroatoms. The molecule has 0 unspecified atom stereocenters. The SMILES string of the molecule is CCOC(=O)c1c(-c2ccccc2)nc2sc(C(=O)Nc3ccc(OC)cc3)c(N)c2c1-c1ccc(Cl)cc1. The van der Waals surface area contributed by atoms with Gasteiger partial charge >= 0.3 is 5.97 Å². The average molecular weight is 558 g/mol. The maximum absolute atomic E-state index is 13.5. The summed E-state index contributed by atoms with van der Waals surface area (Å²) in [7, 11) is 1.57. The smallest absolute Gasteiger partial charge is 0.341 e. The number of esters is 1. The number of nitrogens with zero attached hydrogens (tertiary/aromatic N) is 1. The van der Waals surface area contributed by atoms with Crippen LogP contribution in [-0.4, -0.2) is 30.6 Å². The van der Waals surface area contributed by atoms with Gasteiger partial charge in [0.05, 0.1) is 30.7 Å². The van der Waals surface area contributed by atoms with Crippen LogP contribution in [0.4, 0.5) is 11.4 Å². The summed E-state index contributed by atoms with van der Waals surface area (Å²) in [5.74, 6) is -0.252. The first-order valence-corrected chi connectivity index (χ1v) is 13.3. The number of benzene rings is 3. The molecule has 1 amide bonds. The van der Waals surface area contributed by atoms with Gasteiger partial charge < -0.3 is 20.5 Å². The number of nitrogen functional groups attached to an aromatic ring is 1. The Morgan fingerprint density at radius 3 is 2.31 bits per heavy atom. The van der Waals surface area contributed by atoms with Crippen LogP contribution < -0.4 is 15.8 Å². The lowest BCUT2D eigenvalue weighted by Crippen LogP contribution is -2.12. The van der Waals surface area contributed by atoms with Crippen molar-refractivity contribution in [1.29, 1.82) is 0 Å². The first kappa shape index (κ1) is 26.2. The highest BCUT2D eigenvalue weighted by molar-refractivity contribution is 7.21. The summed E-state index contributed by atoms with van der Waals surface area (Å²) in [5.41, 5.74) is 10.1. The number of carbonyl (C=O) groups excluding carboxylic acids is 2. The predicted molar refractivity (Wildman–Crippen MR) is 157 cm³/mol. The molecule has 5 aromatic rings. The van der Waals surface area contributed by atoms with Gasteiger partial charge in [0.2, 0.25) is 0 Å². The van der Waals surface area contributed by atoms with Crippen LogP contribution in [0.5, 0.6) is 5.75 Å². The number of nitrogens with two attached hydrogens (primary N) is 1. The van der Waals surface area contributed by atoms with Gasteiger partial charge in [-0.3, -0.25) is 4.79 Å². The minimum atomic E-state index is -0.537. The number of methoxy groups -OCH3 is 1. The standard InChI is InChI=1S/C30H24ClN3O4S/c1-3-38-30(36)24-22(17-9-11-19(31)12-10-17)23-25(32)27(28(35)33-20-13-15-21(37-2)16-14-20)39-29(23)34-26(24)18-7-5-4-6-8-18/h4-16H,3,32H2,1-2H3,(H,33,35). The number of halogens is 1. The van der Waals surface area contributed by atoms with Crippen molar-refractivity contribution in [3.05, 3.63) is 94.3 Å². The number of aromatic nitrogens is 1. The summed E-state index contributed by atoms with van der Waals surface area (Å²) < 4.78 is 10.7. The van der Waals surface area contributed by atoms with E-state index in [1.165, 1.54) is 0 Å². The molecule has 3 N–H and O–H groups in total. The number of fused-ring (bicyclic) bond motifs is 1. The van der Waals surface area contributed by atoms with Crippen molar-refractivity contribution in [2.45, 2.75) is 6.92 Å². The van der Waals surface area contributed by atoms with Gasteiger partial charge in [-0.2, -0.15) is 0 Å². The van der Waals surface area contributed by atoms with Crippen LogP contribution in [0.2, 0.25) is 5.02 Å². The number of amides is 1. The van der Waals surface area contributed by atoms with E-state index >= 15 is 0 Å². The highest BCUT2D eigenvalue weighted by Crippen LogP contribution is 2.44. The van der Waals surface area contributed by atoms with E-state index in [2.05, 4.69) is 5.32 Å². The van der Waals surface area contributed by atoms with E-state index in [1.54, 1.807) is 50.4 Å². The third-order valence-corrected chi connectivity index (χ3v) is 7.44. The highest BCUT2D eigenvalue weighted by atomic mass is 35.5. The molecule has 196 valence electrons. The lowest BCUT2D eigenvalue weighted by atomic mass is 9.93. The summed E-state index contributed by atoms with van der Waals surface area (Å²) in [6.45, 7) is 1.92. The van der Waals surface area contributed by atoms with Crippen molar-refractivity contribution in [2.24, 2.45) is 0 Å². The molecule has 0 aliphatic carbocycles. The van der Waals surface area contributed by atoms with Crippen LogP contribution in [0.1, 0.15) is 27.0 Å². The van der Waals surface area contributed by atoms with Crippen molar-refractivity contribution >= 4 is 56.4 Å². The quantitative estimate of drug-likeness (QED) is 0.203. The van der Waals surface area contributed by atoms with E-state index in [0.717, 1.165) is 16.9 Å². The number of hydrogen-bond donors (Lipinski definition) is 2. The summed E-state index contributed by atoms with van der Waals surface area (Å²) in [5, 5.41) is 3.93. The molecule has 5 rings (SSSR count). The third-order valence-electron chi connectivity index (χ3n) is 6.09. The van der Waals surface area contributed by atoms with Crippen molar-refractivity contribution in [3.8, 4) is 28.1 Å². The molecule has 0 atom stereocenters. The van der Waals surface area contributed by atoms with E-state index in [0.29, 0.717) is 43.5 Å². The summed E-state index contributed by atoms with van der Waals surface area (Å²) in [4.78, 5) is 32.5. The van der Waals surface area contributed by atoms with E-state index < -0.39 is 5.97 Å². The first-order valence-electron chi connectivity index (χ1n) is 12.1. The molecule has 3 aromatic carbocycles. The van der Waals surface area contributed by atoms with Crippen LogP contribution in [0.3, 0.4) is 0 Å². The Bertz CT molecular complexity index is 1670. The van der Waals surface area contributed by atoms with Crippen LogP contribution >= 0.6 is 22.9 Å². The summed E-state index contributed by atoms with van der Waals surface area (Å²) >= 11 is 7.34. The molecular weight excluding hydrogens is 534 g/mol. The molecule has 39 heavy (non-hydrogen) atoms. The Morgan fingerprint density at radius 1 is 0.974 bits per heavy atom. The maximum Gasteiger partial charge on any atom is 0.341 e. The number of anilines is 2. The highest BCUT2D eigenvalue weighted by Gasteiger charge is 2.29. The van der Waals surface area contributed by atoms with Gasteiger partial charge in [-0.1, -0.05) is 54.1 Å². The number of ether oxygens (including phenoxy) is 2. The molecule has 2 heterocycles. The normalized spacial score (nSPS) is 10.8. The number of carbonyl (C=O) groups is 2. The minimum absolute atomic E-state index is 0.180. The predicted octanol–water partition coefficient (Wildman–Crippen LogP) is 7.30. The molecule has 0 saturated heterocycles. The van der Waals surface area contributed by atoms with Crippen LogP contribution in [-0.2, 0) is 4.74 Å². The monoisotopic (exact) mass is 557 g/mol. The second-order valence-corrected chi connectivity index (χ2v) is 9.95. The topological polar surface area (TPSA) is 104 Å². The molecule has 0 fully saturated rings. The average Bonchev–Trinajstić information content (AvgIpc) is 3.29. The lowest BCUT2D eigenvalue weighted by Gasteiger charge is -2.16.